The molecule has 1 heterocycles. The van der Waals surface area contributed by atoms with Gasteiger partial charge in [0.25, 0.3) is 5.56 Å². The number of aryl methyl sites for hydroxylation is 1. The maximum absolute atomic E-state index is 12.2. The molecule has 1 aromatic carbocycles. The Balaban J connectivity index is 1.80. The molecule has 0 saturated heterocycles. The van der Waals surface area contributed by atoms with Gasteiger partial charge < -0.3 is 14.8 Å². The van der Waals surface area contributed by atoms with E-state index in [4.69, 9.17) is 9.47 Å². The third kappa shape index (κ3) is 5.34. The molecule has 1 unspecified atom stereocenters. The van der Waals surface area contributed by atoms with Gasteiger partial charge in [0, 0.05) is 6.07 Å². The van der Waals surface area contributed by atoms with E-state index in [0.29, 0.717) is 31.2 Å². The van der Waals surface area contributed by atoms with Crippen LogP contribution in [-0.4, -0.2) is 35.4 Å². The number of nitrogens with one attached hydrogen (secondary N) is 1. The van der Waals surface area contributed by atoms with E-state index in [-0.39, 0.29) is 11.5 Å². The fourth-order valence-corrected chi connectivity index (χ4v) is 2.20. The minimum Gasteiger partial charge on any atom is -0.494 e. The van der Waals surface area contributed by atoms with Crippen LogP contribution in [0.2, 0.25) is 0 Å². The van der Waals surface area contributed by atoms with Gasteiger partial charge in [-0.15, -0.1) is 0 Å². The Hall–Kier alpha value is -2.83. The SMILES string of the molecule is CCOc1ccc(OCCNC(=O)C(C)n2nc(C)ccc2=O)cc1. The first-order valence-corrected chi connectivity index (χ1v) is 8.21. The van der Waals surface area contributed by atoms with Crippen molar-refractivity contribution in [2.45, 2.75) is 26.8 Å². The summed E-state index contributed by atoms with van der Waals surface area (Å²) in [7, 11) is 0. The Morgan fingerprint density at radius 1 is 1.16 bits per heavy atom. The first-order valence-electron chi connectivity index (χ1n) is 8.21. The van der Waals surface area contributed by atoms with Crippen LogP contribution in [0.1, 0.15) is 25.6 Å². The standard InChI is InChI=1S/C18H23N3O4/c1-4-24-15-6-8-16(9-7-15)25-12-11-19-18(23)14(3)21-17(22)10-5-13(2)20-21/h5-10,14H,4,11-12H2,1-3H3,(H,19,23). The van der Waals surface area contributed by atoms with Gasteiger partial charge in [0.2, 0.25) is 5.91 Å². The molecule has 2 aromatic rings. The lowest BCUT2D eigenvalue weighted by molar-refractivity contribution is -0.124. The van der Waals surface area contributed by atoms with Gasteiger partial charge in [-0.2, -0.15) is 5.10 Å². The zero-order valence-corrected chi connectivity index (χ0v) is 14.7. The van der Waals surface area contributed by atoms with E-state index in [9.17, 15) is 9.59 Å². The lowest BCUT2D eigenvalue weighted by Crippen LogP contribution is -2.38. The minimum atomic E-state index is -0.683. The second-order valence-corrected chi connectivity index (χ2v) is 5.48. The number of carbonyl (C=O) groups excluding carboxylic acids is 1. The number of hydrogen-bond donors (Lipinski definition) is 1. The molecule has 2 rings (SSSR count). The highest BCUT2D eigenvalue weighted by Gasteiger charge is 2.16. The highest BCUT2D eigenvalue weighted by atomic mass is 16.5. The number of amides is 1. The average molecular weight is 345 g/mol. The maximum Gasteiger partial charge on any atom is 0.267 e. The molecule has 1 aromatic heterocycles. The van der Waals surface area contributed by atoms with Gasteiger partial charge in [-0.1, -0.05) is 0 Å². The molecule has 1 amide bonds. The van der Waals surface area contributed by atoms with Crippen LogP contribution < -0.4 is 20.3 Å². The van der Waals surface area contributed by atoms with Crippen LogP contribution in [0.25, 0.3) is 0 Å². The molecule has 0 spiro atoms. The summed E-state index contributed by atoms with van der Waals surface area (Å²) in [4.78, 5) is 23.9. The average Bonchev–Trinajstić information content (AvgIpc) is 2.61. The van der Waals surface area contributed by atoms with Crippen LogP contribution in [0.5, 0.6) is 11.5 Å². The first-order chi connectivity index (χ1) is 12.0. The third-order valence-electron chi connectivity index (χ3n) is 3.51. The van der Waals surface area contributed by atoms with E-state index in [1.165, 1.54) is 10.7 Å². The fraction of sp³-hybridized carbons (Fsp3) is 0.389. The second kappa shape index (κ2) is 8.86. The van der Waals surface area contributed by atoms with Gasteiger partial charge in [-0.05, 0) is 51.1 Å². The summed E-state index contributed by atoms with van der Waals surface area (Å²) in [5.74, 6) is 1.20. The number of nitrogens with zero attached hydrogens (tertiary/aromatic N) is 2. The summed E-state index contributed by atoms with van der Waals surface area (Å²) in [5, 5.41) is 6.83. The van der Waals surface area contributed by atoms with Crippen molar-refractivity contribution in [2.24, 2.45) is 0 Å². The Morgan fingerprint density at radius 2 is 1.80 bits per heavy atom. The summed E-state index contributed by atoms with van der Waals surface area (Å²) in [6, 6.07) is 9.62. The number of aromatic nitrogens is 2. The van der Waals surface area contributed by atoms with Crippen LogP contribution in [0.3, 0.4) is 0 Å². The number of ether oxygens (including phenoxy) is 2. The summed E-state index contributed by atoms with van der Waals surface area (Å²) in [6.45, 7) is 6.60. The van der Waals surface area contributed by atoms with Crippen molar-refractivity contribution in [1.82, 2.24) is 15.1 Å². The zero-order chi connectivity index (χ0) is 18.2. The van der Waals surface area contributed by atoms with Crippen LogP contribution in [0, 0.1) is 6.92 Å². The van der Waals surface area contributed by atoms with E-state index >= 15 is 0 Å². The monoisotopic (exact) mass is 345 g/mol. The predicted molar refractivity (Wildman–Crippen MR) is 94.1 cm³/mol. The predicted octanol–water partition coefficient (Wildman–Crippen LogP) is 1.71. The topological polar surface area (TPSA) is 82.4 Å². The Kier molecular flexibility index (Phi) is 6.56. The lowest BCUT2D eigenvalue weighted by Gasteiger charge is -2.14. The Labute approximate surface area is 146 Å². The molecule has 7 heteroatoms. The molecule has 0 radical (unpaired) electrons. The maximum atomic E-state index is 12.2. The van der Waals surface area contributed by atoms with Gasteiger partial charge in [-0.25, -0.2) is 4.68 Å². The van der Waals surface area contributed by atoms with E-state index in [1.54, 1.807) is 19.9 Å². The largest absolute Gasteiger partial charge is 0.494 e. The van der Waals surface area contributed by atoms with Gasteiger partial charge in [0.1, 0.15) is 24.1 Å². The van der Waals surface area contributed by atoms with Crippen molar-refractivity contribution in [1.29, 1.82) is 0 Å². The van der Waals surface area contributed by atoms with Crippen LogP contribution >= 0.6 is 0 Å². The number of hydrogen-bond acceptors (Lipinski definition) is 5. The summed E-state index contributed by atoms with van der Waals surface area (Å²) >= 11 is 0. The molecule has 0 aliphatic carbocycles. The van der Waals surface area contributed by atoms with Crippen molar-refractivity contribution in [2.75, 3.05) is 19.8 Å². The van der Waals surface area contributed by atoms with Crippen LogP contribution in [0.15, 0.2) is 41.2 Å². The molecule has 0 aliphatic rings. The first kappa shape index (κ1) is 18.5. The molecule has 0 aliphatic heterocycles. The van der Waals surface area contributed by atoms with Crippen molar-refractivity contribution in [3.63, 3.8) is 0 Å². The third-order valence-corrected chi connectivity index (χ3v) is 3.51. The highest BCUT2D eigenvalue weighted by molar-refractivity contribution is 5.79. The number of benzene rings is 1. The quantitative estimate of drug-likeness (QED) is 0.737. The van der Waals surface area contributed by atoms with Crippen LogP contribution in [-0.2, 0) is 4.79 Å². The lowest BCUT2D eigenvalue weighted by atomic mass is 10.3. The summed E-state index contributed by atoms with van der Waals surface area (Å²) in [6.07, 6.45) is 0. The minimum absolute atomic E-state index is 0.282. The van der Waals surface area contributed by atoms with E-state index < -0.39 is 6.04 Å². The molecule has 0 bridgehead atoms. The molecule has 1 atom stereocenters. The van der Waals surface area contributed by atoms with Crippen molar-refractivity contribution >= 4 is 5.91 Å². The van der Waals surface area contributed by atoms with Crippen molar-refractivity contribution < 1.29 is 14.3 Å². The number of carbonyl (C=O) groups is 1. The molecular weight excluding hydrogens is 322 g/mol. The molecule has 7 nitrogen and oxygen atoms in total. The second-order valence-electron chi connectivity index (χ2n) is 5.48. The van der Waals surface area contributed by atoms with Crippen molar-refractivity contribution in [3.8, 4) is 11.5 Å². The Morgan fingerprint density at radius 3 is 2.44 bits per heavy atom. The molecule has 1 N–H and O–H groups in total. The van der Waals surface area contributed by atoms with Gasteiger partial charge in [0.15, 0.2) is 0 Å². The normalized spacial score (nSPS) is 11.6. The molecule has 0 saturated carbocycles. The molecule has 134 valence electrons. The molecule has 0 fully saturated rings. The Bertz CT molecular complexity index is 756. The van der Waals surface area contributed by atoms with E-state index in [2.05, 4.69) is 10.4 Å². The molecular formula is C18H23N3O4. The van der Waals surface area contributed by atoms with Gasteiger partial charge in [-0.3, -0.25) is 9.59 Å². The smallest absolute Gasteiger partial charge is 0.267 e. The van der Waals surface area contributed by atoms with E-state index in [1.807, 2.05) is 31.2 Å². The van der Waals surface area contributed by atoms with Crippen molar-refractivity contribution in [3.05, 3.63) is 52.4 Å². The van der Waals surface area contributed by atoms with Gasteiger partial charge >= 0.3 is 0 Å². The van der Waals surface area contributed by atoms with Crippen LogP contribution in [0.4, 0.5) is 0 Å². The summed E-state index contributed by atoms with van der Waals surface area (Å²) < 4.78 is 12.1. The highest BCUT2D eigenvalue weighted by Crippen LogP contribution is 2.17. The fourth-order valence-electron chi connectivity index (χ4n) is 2.20. The van der Waals surface area contributed by atoms with Gasteiger partial charge in [0.05, 0.1) is 18.8 Å². The molecule has 25 heavy (non-hydrogen) atoms. The summed E-state index contributed by atoms with van der Waals surface area (Å²) in [5.41, 5.74) is 0.372. The zero-order valence-electron chi connectivity index (χ0n) is 14.7. The number of rotatable bonds is 8. The van der Waals surface area contributed by atoms with E-state index in [0.717, 1.165) is 5.75 Å².